The minimum atomic E-state index is -0.408. The highest BCUT2D eigenvalue weighted by atomic mass is 16.5. The molecule has 0 aromatic heterocycles. The second-order valence-corrected chi connectivity index (χ2v) is 14.6. The van der Waals surface area contributed by atoms with Gasteiger partial charge in [-0.1, -0.05) is 30.3 Å². The zero-order chi connectivity index (χ0) is 30.8. The molecule has 5 aliphatic rings. The molecule has 4 heterocycles. The zero-order valence-corrected chi connectivity index (χ0v) is 26.6. The van der Waals surface area contributed by atoms with E-state index in [9.17, 15) is 9.59 Å². The lowest BCUT2D eigenvalue weighted by Crippen LogP contribution is -2.62. The average Bonchev–Trinajstić information content (AvgIpc) is 3.36. The maximum Gasteiger partial charge on any atom is 0.256 e. The average molecular weight is 596 g/mol. The monoisotopic (exact) mass is 595 g/mol. The first-order chi connectivity index (χ1) is 21.0. The molecule has 1 aliphatic carbocycles. The summed E-state index contributed by atoms with van der Waals surface area (Å²) in [5.74, 6) is 0.971. The zero-order valence-electron chi connectivity index (χ0n) is 26.6. The number of ether oxygens (including phenoxy) is 1. The van der Waals surface area contributed by atoms with Crippen molar-refractivity contribution in [1.82, 2.24) is 20.9 Å². The minimum absolute atomic E-state index is 0.0356. The molecule has 0 spiro atoms. The second-order valence-electron chi connectivity index (χ2n) is 14.6. The number of fused-ring (bicyclic) bond motifs is 3. The Kier molecular flexibility index (Phi) is 7.13. The predicted molar refractivity (Wildman–Crippen MR) is 174 cm³/mol. The number of benzene rings is 2. The molecular formula is C36H45N5O3. The molecule has 4 aliphatic heterocycles. The van der Waals surface area contributed by atoms with Crippen LogP contribution < -0.4 is 25.6 Å². The molecule has 0 radical (unpaired) electrons. The van der Waals surface area contributed by atoms with Crippen LogP contribution in [0.15, 0.2) is 71.3 Å². The summed E-state index contributed by atoms with van der Waals surface area (Å²) in [6.07, 6.45) is 9.47. The SMILES string of the molecule is CN1CCCC1CCNC1=C2Oc3cc4ccccc4cc3N3C=C(C(=O)NC4CC(C)(C)NC(C)(C)C4)C(=O)C(=CC1)C23. The topological polar surface area (TPSA) is 85.9 Å². The van der Waals surface area contributed by atoms with Crippen LogP contribution in [0.2, 0.25) is 0 Å². The predicted octanol–water partition coefficient (Wildman–Crippen LogP) is 4.91. The van der Waals surface area contributed by atoms with Crippen molar-refractivity contribution in [2.75, 3.05) is 25.0 Å². The summed E-state index contributed by atoms with van der Waals surface area (Å²) in [5, 5.41) is 12.8. The Morgan fingerprint density at radius 3 is 2.52 bits per heavy atom. The van der Waals surface area contributed by atoms with Gasteiger partial charge in [-0.15, -0.1) is 0 Å². The fraction of sp³-hybridized carbons (Fsp3) is 0.500. The van der Waals surface area contributed by atoms with Crippen LogP contribution in [0.4, 0.5) is 5.69 Å². The molecule has 2 aromatic rings. The summed E-state index contributed by atoms with van der Waals surface area (Å²) in [6, 6.07) is 12.5. The van der Waals surface area contributed by atoms with Gasteiger partial charge in [0.2, 0.25) is 0 Å². The lowest BCUT2D eigenvalue weighted by molar-refractivity contribution is -0.122. The molecule has 0 saturated carbocycles. The van der Waals surface area contributed by atoms with Crippen molar-refractivity contribution in [2.45, 2.75) is 95.4 Å². The van der Waals surface area contributed by atoms with E-state index in [-0.39, 0.29) is 34.4 Å². The van der Waals surface area contributed by atoms with Gasteiger partial charge < -0.3 is 30.5 Å². The van der Waals surface area contributed by atoms with Crippen LogP contribution in [0, 0.1) is 0 Å². The highest BCUT2D eigenvalue weighted by Gasteiger charge is 2.46. The molecule has 2 aromatic carbocycles. The first-order valence-electron chi connectivity index (χ1n) is 16.2. The number of amides is 1. The van der Waals surface area contributed by atoms with Gasteiger partial charge in [0.05, 0.1) is 11.4 Å². The summed E-state index contributed by atoms with van der Waals surface area (Å²) >= 11 is 0. The highest BCUT2D eigenvalue weighted by Crippen LogP contribution is 2.47. The molecule has 1 amide bonds. The lowest BCUT2D eigenvalue weighted by Gasteiger charge is -2.47. The minimum Gasteiger partial charge on any atom is -0.455 e. The lowest BCUT2D eigenvalue weighted by atomic mass is 9.79. The van der Waals surface area contributed by atoms with E-state index >= 15 is 0 Å². The molecule has 2 atom stereocenters. The van der Waals surface area contributed by atoms with Crippen molar-refractivity contribution in [1.29, 1.82) is 0 Å². The smallest absolute Gasteiger partial charge is 0.256 e. The molecule has 7 rings (SSSR count). The van der Waals surface area contributed by atoms with Gasteiger partial charge in [0.1, 0.15) is 11.6 Å². The summed E-state index contributed by atoms with van der Waals surface area (Å²) in [5.41, 5.74) is 2.42. The van der Waals surface area contributed by atoms with Crippen LogP contribution in [-0.4, -0.2) is 65.9 Å². The van der Waals surface area contributed by atoms with Crippen LogP contribution in [0.1, 0.15) is 66.2 Å². The van der Waals surface area contributed by atoms with Crippen LogP contribution in [0.3, 0.4) is 0 Å². The maximum absolute atomic E-state index is 14.0. The number of rotatable bonds is 6. The van der Waals surface area contributed by atoms with Gasteiger partial charge in [-0.2, -0.15) is 0 Å². The number of nitrogens with zero attached hydrogens (tertiary/aromatic N) is 2. The van der Waals surface area contributed by atoms with Crippen molar-refractivity contribution in [3.05, 3.63) is 71.3 Å². The normalized spacial score (nSPS) is 26.0. The number of piperidine rings is 1. The Morgan fingerprint density at radius 1 is 1.09 bits per heavy atom. The summed E-state index contributed by atoms with van der Waals surface area (Å²) < 4.78 is 6.68. The van der Waals surface area contributed by atoms with E-state index in [4.69, 9.17) is 4.74 Å². The van der Waals surface area contributed by atoms with E-state index in [0.29, 0.717) is 18.0 Å². The van der Waals surface area contributed by atoms with Gasteiger partial charge >= 0.3 is 0 Å². The second kappa shape index (κ2) is 10.8. The summed E-state index contributed by atoms with van der Waals surface area (Å²) in [7, 11) is 2.21. The van der Waals surface area contributed by atoms with E-state index < -0.39 is 6.04 Å². The number of anilines is 1. The molecule has 2 saturated heterocycles. The van der Waals surface area contributed by atoms with Gasteiger partial charge in [-0.3, -0.25) is 9.59 Å². The molecular weight excluding hydrogens is 550 g/mol. The van der Waals surface area contributed by atoms with E-state index in [1.54, 1.807) is 6.20 Å². The number of Topliss-reactive ketones (excluding diaryl/α,β-unsaturated/α-hetero) is 1. The standard InChI is InChI=1S/C36H45N5O3/c1-35(2)19-24(20-36(3,4)39-35)38-34(43)27-21-41-29-17-22-9-6-7-10-23(22)18-30(29)44-33-28(13-12-26(31(33)41)32(27)42)37-15-14-25-11-8-16-40(25)5/h6-7,9-10,12,17-18,21,24-25,31,37,39H,8,11,13-16,19-20H2,1-5H3,(H,38,43). The van der Waals surface area contributed by atoms with Crippen LogP contribution in [0.25, 0.3) is 10.8 Å². The highest BCUT2D eigenvalue weighted by molar-refractivity contribution is 6.27. The number of carbonyl (C=O) groups excluding carboxylic acids is 2. The van der Waals surface area contributed by atoms with E-state index in [1.165, 1.54) is 12.8 Å². The van der Waals surface area contributed by atoms with Crippen molar-refractivity contribution in [2.24, 2.45) is 0 Å². The third kappa shape index (κ3) is 5.32. The van der Waals surface area contributed by atoms with Crippen molar-refractivity contribution >= 4 is 28.2 Å². The Morgan fingerprint density at radius 2 is 1.82 bits per heavy atom. The van der Waals surface area contributed by atoms with E-state index in [0.717, 1.165) is 66.0 Å². The van der Waals surface area contributed by atoms with Gasteiger partial charge in [0, 0.05) is 47.9 Å². The van der Waals surface area contributed by atoms with Crippen LogP contribution >= 0.6 is 0 Å². The van der Waals surface area contributed by atoms with Gasteiger partial charge in [0.15, 0.2) is 17.3 Å². The summed E-state index contributed by atoms with van der Waals surface area (Å²) in [6.45, 7) is 10.7. The van der Waals surface area contributed by atoms with Gasteiger partial charge in [-0.05, 0) is 96.3 Å². The quantitative estimate of drug-likeness (QED) is 0.409. The molecule has 3 N–H and O–H groups in total. The third-order valence-electron chi connectivity index (χ3n) is 10.0. The van der Waals surface area contributed by atoms with Gasteiger partial charge in [-0.25, -0.2) is 0 Å². The Labute approximate surface area is 260 Å². The number of nitrogens with one attached hydrogen (secondary N) is 3. The Bertz CT molecular complexity index is 1600. The van der Waals surface area contributed by atoms with Crippen molar-refractivity contribution < 1.29 is 14.3 Å². The largest absolute Gasteiger partial charge is 0.455 e. The molecule has 8 nitrogen and oxygen atoms in total. The molecule has 2 unspecified atom stereocenters. The van der Waals surface area contributed by atoms with Gasteiger partial charge in [0.25, 0.3) is 5.91 Å². The number of hydrogen-bond donors (Lipinski definition) is 3. The number of carbonyl (C=O) groups is 2. The molecule has 0 bridgehead atoms. The summed E-state index contributed by atoms with van der Waals surface area (Å²) in [4.78, 5) is 32.5. The van der Waals surface area contributed by atoms with Crippen LogP contribution in [0.5, 0.6) is 5.75 Å². The van der Waals surface area contributed by atoms with Crippen molar-refractivity contribution in [3.8, 4) is 5.75 Å². The number of likely N-dealkylation sites (tertiary alicyclic amines) is 1. The first kappa shape index (κ1) is 29.1. The third-order valence-corrected chi connectivity index (χ3v) is 10.0. The fourth-order valence-electron chi connectivity index (χ4n) is 8.33. The van der Waals surface area contributed by atoms with E-state index in [1.807, 2.05) is 18.2 Å². The number of hydrogen-bond acceptors (Lipinski definition) is 7. The van der Waals surface area contributed by atoms with Crippen molar-refractivity contribution in [3.63, 3.8) is 0 Å². The number of ketones is 1. The van der Waals surface area contributed by atoms with Crippen LogP contribution in [-0.2, 0) is 9.59 Å². The molecule has 2 fully saturated rings. The molecule has 8 heteroatoms. The number of allylic oxidation sites excluding steroid dienone is 1. The maximum atomic E-state index is 14.0. The van der Waals surface area contributed by atoms with E-state index in [2.05, 4.69) is 84.8 Å². The first-order valence-corrected chi connectivity index (χ1v) is 16.2. The molecule has 44 heavy (non-hydrogen) atoms. The fourth-order valence-corrected chi connectivity index (χ4v) is 8.33. The molecule has 232 valence electrons. The Balaban J connectivity index is 1.23. The Hall–Kier alpha value is -3.62.